The topological polar surface area (TPSA) is 41.6 Å². The highest BCUT2D eigenvalue weighted by Crippen LogP contribution is 2.28. The van der Waals surface area contributed by atoms with Crippen molar-refractivity contribution in [2.24, 2.45) is 0 Å². The Morgan fingerprint density at radius 2 is 2.24 bits per heavy atom. The van der Waals surface area contributed by atoms with Crippen LogP contribution in [0.2, 0.25) is 0 Å². The van der Waals surface area contributed by atoms with Crippen LogP contribution < -0.4 is 5.32 Å². The second kappa shape index (κ2) is 4.66. The van der Waals surface area contributed by atoms with Gasteiger partial charge in [0.15, 0.2) is 0 Å². The predicted octanol–water partition coefficient (Wildman–Crippen LogP) is 1.82. The third kappa shape index (κ3) is 2.17. The number of nitrogens with zero attached hydrogens (tertiary/aromatic N) is 1. The first-order valence-electron chi connectivity index (χ1n) is 6.01. The number of fused-ring (bicyclic) bond motifs is 2. The number of morpholine rings is 1. The van der Waals surface area contributed by atoms with Crippen LogP contribution in [0.3, 0.4) is 0 Å². The van der Waals surface area contributed by atoms with Crippen LogP contribution in [0.1, 0.15) is 17.7 Å². The minimum atomic E-state index is 0.0641. The summed E-state index contributed by atoms with van der Waals surface area (Å²) in [6.45, 7) is 2.03. The van der Waals surface area contributed by atoms with E-state index in [2.05, 4.69) is 5.32 Å². The molecule has 0 spiro atoms. The molecule has 1 aromatic rings. The Balaban J connectivity index is 1.59. The van der Waals surface area contributed by atoms with Crippen molar-refractivity contribution in [3.05, 3.63) is 22.4 Å². The summed E-state index contributed by atoms with van der Waals surface area (Å²) >= 11 is 1.67. The number of ether oxygens (including phenoxy) is 1. The van der Waals surface area contributed by atoms with Crippen LogP contribution in [-0.2, 0) is 11.3 Å². The lowest BCUT2D eigenvalue weighted by molar-refractivity contribution is 0.00633. The van der Waals surface area contributed by atoms with E-state index in [1.165, 1.54) is 4.88 Å². The lowest BCUT2D eigenvalue weighted by Crippen LogP contribution is -2.52. The molecule has 2 aliphatic heterocycles. The molecule has 0 radical (unpaired) electrons. The summed E-state index contributed by atoms with van der Waals surface area (Å²) in [5, 5.41) is 5.03. The van der Waals surface area contributed by atoms with E-state index >= 15 is 0 Å². The number of rotatable bonds is 2. The van der Waals surface area contributed by atoms with Crippen LogP contribution in [-0.4, -0.2) is 36.2 Å². The average Bonchev–Trinajstić information content (AvgIpc) is 2.93. The number of thiophene rings is 1. The molecule has 3 heterocycles. The maximum absolute atomic E-state index is 12.1. The minimum absolute atomic E-state index is 0.0641. The number of amides is 2. The first-order chi connectivity index (χ1) is 8.34. The van der Waals surface area contributed by atoms with E-state index in [9.17, 15) is 4.79 Å². The van der Waals surface area contributed by atoms with Crippen molar-refractivity contribution < 1.29 is 9.53 Å². The van der Waals surface area contributed by atoms with Crippen LogP contribution in [0.25, 0.3) is 0 Å². The molecule has 0 unspecified atom stereocenters. The molecule has 2 atom stereocenters. The molecule has 0 aromatic carbocycles. The van der Waals surface area contributed by atoms with Crippen molar-refractivity contribution in [1.82, 2.24) is 10.2 Å². The summed E-state index contributed by atoms with van der Waals surface area (Å²) in [6.07, 6.45) is 2.16. The molecule has 5 heteroatoms. The lowest BCUT2D eigenvalue weighted by Gasteiger charge is -2.34. The Morgan fingerprint density at radius 1 is 1.47 bits per heavy atom. The predicted molar refractivity (Wildman–Crippen MR) is 66.0 cm³/mol. The Morgan fingerprint density at radius 3 is 2.88 bits per heavy atom. The molecule has 1 N–H and O–H groups in total. The number of hydrogen-bond donors (Lipinski definition) is 1. The van der Waals surface area contributed by atoms with Gasteiger partial charge >= 0.3 is 6.03 Å². The first kappa shape index (κ1) is 11.0. The van der Waals surface area contributed by atoms with Crippen LogP contribution in [0.5, 0.6) is 0 Å². The highest BCUT2D eigenvalue weighted by atomic mass is 32.1. The van der Waals surface area contributed by atoms with Gasteiger partial charge in [0.25, 0.3) is 0 Å². The van der Waals surface area contributed by atoms with Crippen molar-refractivity contribution in [2.75, 3.05) is 13.2 Å². The van der Waals surface area contributed by atoms with Gasteiger partial charge in [0.2, 0.25) is 0 Å². The largest absolute Gasteiger partial charge is 0.377 e. The van der Waals surface area contributed by atoms with Crippen LogP contribution in [0.15, 0.2) is 17.5 Å². The summed E-state index contributed by atoms with van der Waals surface area (Å²) in [4.78, 5) is 15.3. The molecule has 2 amide bonds. The quantitative estimate of drug-likeness (QED) is 0.872. The Kier molecular flexibility index (Phi) is 3.03. The van der Waals surface area contributed by atoms with Crippen molar-refractivity contribution in [3.8, 4) is 0 Å². The Bertz CT molecular complexity index is 377. The van der Waals surface area contributed by atoms with Crippen molar-refractivity contribution in [3.63, 3.8) is 0 Å². The number of carbonyl (C=O) groups excluding carboxylic acids is 1. The zero-order chi connectivity index (χ0) is 11.7. The van der Waals surface area contributed by atoms with E-state index in [0.717, 1.165) is 12.8 Å². The van der Waals surface area contributed by atoms with E-state index < -0.39 is 0 Å². The summed E-state index contributed by atoms with van der Waals surface area (Å²) in [5.41, 5.74) is 0. The Labute approximate surface area is 105 Å². The van der Waals surface area contributed by atoms with Gasteiger partial charge in [-0.1, -0.05) is 6.07 Å². The third-order valence-corrected chi connectivity index (χ3v) is 4.35. The zero-order valence-corrected chi connectivity index (χ0v) is 10.4. The second-order valence-corrected chi connectivity index (χ2v) is 5.60. The molecule has 2 saturated heterocycles. The molecular formula is C12H16N2O2S. The van der Waals surface area contributed by atoms with Crippen LogP contribution in [0.4, 0.5) is 4.79 Å². The fourth-order valence-electron chi connectivity index (χ4n) is 2.63. The molecule has 0 aliphatic carbocycles. The third-order valence-electron chi connectivity index (χ3n) is 3.47. The van der Waals surface area contributed by atoms with Gasteiger partial charge in [-0.2, -0.15) is 0 Å². The van der Waals surface area contributed by atoms with E-state index in [1.54, 1.807) is 11.3 Å². The van der Waals surface area contributed by atoms with Gasteiger partial charge in [0.1, 0.15) is 0 Å². The SMILES string of the molecule is O=C(NCc1cccs1)N1[C@@H]2CC[C@H]1COC2. The smallest absolute Gasteiger partial charge is 0.318 e. The van der Waals surface area contributed by atoms with Crippen LogP contribution in [0, 0.1) is 0 Å². The number of nitrogens with one attached hydrogen (secondary N) is 1. The molecule has 2 aliphatic rings. The van der Waals surface area contributed by atoms with E-state index in [1.807, 2.05) is 22.4 Å². The van der Waals surface area contributed by atoms with Crippen molar-refractivity contribution in [1.29, 1.82) is 0 Å². The molecule has 17 heavy (non-hydrogen) atoms. The highest BCUT2D eigenvalue weighted by molar-refractivity contribution is 7.09. The Hall–Kier alpha value is -1.07. The fraction of sp³-hybridized carbons (Fsp3) is 0.583. The van der Waals surface area contributed by atoms with Gasteiger partial charge < -0.3 is 15.0 Å². The standard InChI is InChI=1S/C12H16N2O2S/c15-12(13-6-11-2-1-5-17-11)14-9-3-4-10(14)8-16-7-9/h1-2,5,9-10H,3-4,6-8H2,(H,13,15)/t9-,10+. The van der Waals surface area contributed by atoms with Crippen molar-refractivity contribution >= 4 is 17.4 Å². The first-order valence-corrected chi connectivity index (χ1v) is 6.89. The average molecular weight is 252 g/mol. The van der Waals surface area contributed by atoms with E-state index in [4.69, 9.17) is 4.74 Å². The molecule has 1 aromatic heterocycles. The van der Waals surface area contributed by atoms with E-state index in [-0.39, 0.29) is 18.1 Å². The maximum atomic E-state index is 12.1. The van der Waals surface area contributed by atoms with E-state index in [0.29, 0.717) is 19.8 Å². The number of carbonyl (C=O) groups is 1. The minimum Gasteiger partial charge on any atom is -0.377 e. The summed E-state index contributed by atoms with van der Waals surface area (Å²) < 4.78 is 5.47. The molecular weight excluding hydrogens is 236 g/mol. The van der Waals surface area contributed by atoms with Gasteiger partial charge in [-0.05, 0) is 24.3 Å². The summed E-state index contributed by atoms with van der Waals surface area (Å²) in [7, 11) is 0. The molecule has 3 rings (SSSR count). The lowest BCUT2D eigenvalue weighted by atomic mass is 10.2. The number of hydrogen-bond acceptors (Lipinski definition) is 3. The van der Waals surface area contributed by atoms with Gasteiger partial charge in [-0.15, -0.1) is 11.3 Å². The normalized spacial score (nSPS) is 27.2. The molecule has 2 fully saturated rings. The molecule has 4 nitrogen and oxygen atoms in total. The molecule has 0 saturated carbocycles. The second-order valence-electron chi connectivity index (χ2n) is 4.57. The maximum Gasteiger partial charge on any atom is 0.318 e. The zero-order valence-electron chi connectivity index (χ0n) is 9.59. The summed E-state index contributed by atoms with van der Waals surface area (Å²) in [6, 6.07) is 4.69. The molecule has 2 bridgehead atoms. The van der Waals surface area contributed by atoms with Crippen LogP contribution >= 0.6 is 11.3 Å². The van der Waals surface area contributed by atoms with Gasteiger partial charge in [-0.25, -0.2) is 4.79 Å². The van der Waals surface area contributed by atoms with Crippen molar-refractivity contribution in [2.45, 2.75) is 31.5 Å². The number of urea groups is 1. The monoisotopic (exact) mass is 252 g/mol. The van der Waals surface area contributed by atoms with Gasteiger partial charge in [0, 0.05) is 4.88 Å². The highest BCUT2D eigenvalue weighted by Gasteiger charge is 2.40. The van der Waals surface area contributed by atoms with Gasteiger partial charge in [0.05, 0.1) is 31.8 Å². The fourth-order valence-corrected chi connectivity index (χ4v) is 3.27. The molecule has 92 valence electrons. The van der Waals surface area contributed by atoms with Gasteiger partial charge in [-0.3, -0.25) is 0 Å². The summed E-state index contributed by atoms with van der Waals surface area (Å²) in [5.74, 6) is 0.